The van der Waals surface area contributed by atoms with E-state index in [1.54, 1.807) is 25.3 Å². The molecule has 0 bridgehead atoms. The molecule has 23 heavy (non-hydrogen) atoms. The lowest BCUT2D eigenvalue weighted by atomic mass is 10.1. The normalized spacial score (nSPS) is 10.9. The monoisotopic (exact) mass is 333 g/mol. The van der Waals surface area contributed by atoms with Gasteiger partial charge in [0.2, 0.25) is 4.77 Å². The van der Waals surface area contributed by atoms with Gasteiger partial charge in [0, 0.05) is 12.6 Å². The number of benzene rings is 1. The fraction of sp³-hybridized carbons (Fsp3) is 0.286. The Morgan fingerprint density at radius 3 is 2.74 bits per heavy atom. The van der Waals surface area contributed by atoms with Gasteiger partial charge in [-0.1, -0.05) is 0 Å². The van der Waals surface area contributed by atoms with E-state index in [4.69, 9.17) is 21.7 Å². The van der Waals surface area contributed by atoms with Crippen molar-refractivity contribution in [2.24, 2.45) is 0 Å². The maximum atomic E-state index is 12.8. The molecule has 0 atom stereocenters. The predicted octanol–water partition coefficient (Wildman–Crippen LogP) is 1.65. The van der Waals surface area contributed by atoms with Gasteiger partial charge in [0.05, 0.1) is 19.8 Å². The Kier molecular flexibility index (Phi) is 3.87. The third-order valence-corrected chi connectivity index (χ3v) is 3.77. The van der Waals surface area contributed by atoms with Gasteiger partial charge in [-0.25, -0.2) is 5.10 Å². The number of aryl methyl sites for hydroxylation is 1. The molecular weight excluding hydrogens is 318 g/mol. The highest BCUT2D eigenvalue weighted by Gasteiger charge is 2.18. The second kappa shape index (κ2) is 5.84. The molecule has 3 aromatic rings. The molecular formula is C14H15N5O3S. The van der Waals surface area contributed by atoms with E-state index in [1.807, 2.05) is 6.92 Å². The first-order valence-corrected chi connectivity index (χ1v) is 7.32. The van der Waals surface area contributed by atoms with Crippen molar-refractivity contribution in [2.45, 2.75) is 13.5 Å². The van der Waals surface area contributed by atoms with Crippen LogP contribution in [0.1, 0.15) is 6.92 Å². The molecule has 1 aromatic carbocycles. The fourth-order valence-electron chi connectivity index (χ4n) is 2.36. The van der Waals surface area contributed by atoms with Crippen LogP contribution in [-0.4, -0.2) is 38.6 Å². The molecule has 0 aliphatic heterocycles. The van der Waals surface area contributed by atoms with Gasteiger partial charge in [0.15, 0.2) is 5.69 Å². The van der Waals surface area contributed by atoms with Crippen LogP contribution in [0.4, 0.5) is 0 Å². The number of aromatic nitrogens is 5. The topological polar surface area (TPSA) is 86.4 Å². The highest BCUT2D eigenvalue weighted by molar-refractivity contribution is 7.71. The van der Waals surface area contributed by atoms with Crippen LogP contribution in [0.3, 0.4) is 0 Å². The number of hydrogen-bond donors (Lipinski definition) is 1. The SMILES string of the molecule is CCn1c(=O)c(-c2ccc(OC)cc2OC)nn2c(=S)[nH]nc12. The lowest BCUT2D eigenvalue weighted by Gasteiger charge is -2.11. The van der Waals surface area contributed by atoms with Gasteiger partial charge >= 0.3 is 0 Å². The van der Waals surface area contributed by atoms with Gasteiger partial charge in [-0.3, -0.25) is 9.36 Å². The van der Waals surface area contributed by atoms with E-state index in [9.17, 15) is 4.79 Å². The van der Waals surface area contributed by atoms with Gasteiger partial charge in [-0.15, -0.1) is 5.10 Å². The molecule has 0 saturated carbocycles. The Balaban J connectivity index is 2.36. The van der Waals surface area contributed by atoms with Crippen molar-refractivity contribution in [3.8, 4) is 22.8 Å². The van der Waals surface area contributed by atoms with Crippen LogP contribution in [0.15, 0.2) is 23.0 Å². The van der Waals surface area contributed by atoms with Gasteiger partial charge in [0.25, 0.3) is 11.3 Å². The fourth-order valence-corrected chi connectivity index (χ4v) is 2.53. The van der Waals surface area contributed by atoms with Crippen LogP contribution in [-0.2, 0) is 6.54 Å². The minimum atomic E-state index is -0.266. The highest BCUT2D eigenvalue weighted by Crippen LogP contribution is 2.30. The Labute approximate surface area is 136 Å². The average molecular weight is 333 g/mol. The Morgan fingerprint density at radius 1 is 1.30 bits per heavy atom. The summed E-state index contributed by atoms with van der Waals surface area (Å²) >= 11 is 5.16. The number of rotatable bonds is 4. The molecule has 0 aliphatic rings. The molecule has 0 aliphatic carbocycles. The Bertz CT molecular complexity index is 988. The van der Waals surface area contributed by atoms with Crippen molar-refractivity contribution in [1.29, 1.82) is 0 Å². The summed E-state index contributed by atoms with van der Waals surface area (Å²) in [6.07, 6.45) is 0. The van der Waals surface area contributed by atoms with Gasteiger partial charge in [-0.2, -0.15) is 9.61 Å². The lowest BCUT2D eigenvalue weighted by Crippen LogP contribution is -2.25. The molecule has 120 valence electrons. The van der Waals surface area contributed by atoms with E-state index < -0.39 is 0 Å². The van der Waals surface area contributed by atoms with Crippen molar-refractivity contribution >= 4 is 18.0 Å². The zero-order valence-electron chi connectivity index (χ0n) is 12.9. The molecule has 2 aromatic heterocycles. The summed E-state index contributed by atoms with van der Waals surface area (Å²) in [7, 11) is 3.09. The number of H-pyrrole nitrogens is 1. The van der Waals surface area contributed by atoms with E-state index in [0.717, 1.165) is 0 Å². The van der Waals surface area contributed by atoms with Crippen molar-refractivity contribution in [3.63, 3.8) is 0 Å². The molecule has 0 spiro atoms. The summed E-state index contributed by atoms with van der Waals surface area (Å²) in [4.78, 5) is 12.8. The smallest absolute Gasteiger partial charge is 0.281 e. The van der Waals surface area contributed by atoms with Gasteiger partial charge < -0.3 is 9.47 Å². The zero-order chi connectivity index (χ0) is 16.6. The van der Waals surface area contributed by atoms with Crippen molar-refractivity contribution in [2.75, 3.05) is 14.2 Å². The van der Waals surface area contributed by atoms with E-state index >= 15 is 0 Å². The predicted molar refractivity (Wildman–Crippen MR) is 86.6 cm³/mol. The molecule has 1 N–H and O–H groups in total. The van der Waals surface area contributed by atoms with Crippen molar-refractivity contribution in [3.05, 3.63) is 33.3 Å². The van der Waals surface area contributed by atoms with Crippen LogP contribution >= 0.6 is 12.2 Å². The number of ether oxygens (including phenoxy) is 2. The van der Waals surface area contributed by atoms with Gasteiger partial charge in [-0.05, 0) is 31.3 Å². The molecule has 0 radical (unpaired) electrons. The lowest BCUT2D eigenvalue weighted by molar-refractivity contribution is 0.395. The molecule has 0 amide bonds. The molecule has 2 heterocycles. The first-order valence-electron chi connectivity index (χ1n) is 6.91. The quantitative estimate of drug-likeness (QED) is 0.731. The summed E-state index contributed by atoms with van der Waals surface area (Å²) < 4.78 is 13.8. The number of nitrogens with zero attached hydrogens (tertiary/aromatic N) is 4. The van der Waals surface area contributed by atoms with Crippen LogP contribution in [0.2, 0.25) is 0 Å². The standard InChI is InChI=1S/C14H15N5O3S/c1-4-18-12(20)11(17-19-13(18)15-16-14(19)23)9-6-5-8(21-2)7-10(9)22-3/h5-7H,4H2,1-3H3,(H,16,23). The largest absolute Gasteiger partial charge is 0.497 e. The van der Waals surface area contributed by atoms with E-state index in [1.165, 1.54) is 16.2 Å². The summed E-state index contributed by atoms with van der Waals surface area (Å²) in [5.41, 5.74) is 0.527. The molecule has 3 rings (SSSR count). The van der Waals surface area contributed by atoms with Crippen LogP contribution in [0.25, 0.3) is 17.0 Å². The number of nitrogens with one attached hydrogen (secondary N) is 1. The summed E-state index contributed by atoms with van der Waals surface area (Å²) in [5, 5.41) is 11.0. The Hall–Kier alpha value is -2.68. The second-order valence-corrected chi connectivity index (χ2v) is 5.09. The number of fused-ring (bicyclic) bond motifs is 1. The first kappa shape index (κ1) is 15.2. The maximum Gasteiger partial charge on any atom is 0.281 e. The van der Waals surface area contributed by atoms with Crippen LogP contribution in [0.5, 0.6) is 11.5 Å². The molecule has 0 unspecified atom stereocenters. The molecule has 0 fully saturated rings. The first-order chi connectivity index (χ1) is 11.1. The third kappa shape index (κ3) is 2.38. The van der Waals surface area contributed by atoms with Crippen molar-refractivity contribution in [1.82, 2.24) is 24.4 Å². The zero-order valence-corrected chi connectivity index (χ0v) is 13.7. The van der Waals surface area contributed by atoms with E-state index in [2.05, 4.69) is 15.3 Å². The van der Waals surface area contributed by atoms with Crippen LogP contribution in [0, 0.1) is 4.77 Å². The summed E-state index contributed by atoms with van der Waals surface area (Å²) in [6, 6.07) is 5.18. The Morgan fingerprint density at radius 2 is 2.09 bits per heavy atom. The van der Waals surface area contributed by atoms with E-state index in [-0.39, 0.29) is 11.3 Å². The number of aromatic amines is 1. The summed E-state index contributed by atoms with van der Waals surface area (Å²) in [5.74, 6) is 1.49. The number of methoxy groups -OCH3 is 2. The average Bonchev–Trinajstić information content (AvgIpc) is 2.94. The highest BCUT2D eigenvalue weighted by atomic mass is 32.1. The molecule has 0 saturated heterocycles. The number of hydrogen-bond acceptors (Lipinski definition) is 6. The molecule has 9 heteroatoms. The minimum absolute atomic E-state index is 0.233. The minimum Gasteiger partial charge on any atom is -0.497 e. The van der Waals surface area contributed by atoms with Gasteiger partial charge in [0.1, 0.15) is 11.5 Å². The van der Waals surface area contributed by atoms with E-state index in [0.29, 0.717) is 34.2 Å². The molecule has 8 nitrogen and oxygen atoms in total. The summed E-state index contributed by atoms with van der Waals surface area (Å²) in [6.45, 7) is 2.30. The maximum absolute atomic E-state index is 12.8. The van der Waals surface area contributed by atoms with Crippen molar-refractivity contribution < 1.29 is 9.47 Å². The third-order valence-electron chi connectivity index (χ3n) is 3.50. The van der Waals surface area contributed by atoms with Crippen LogP contribution < -0.4 is 15.0 Å². The second-order valence-electron chi connectivity index (χ2n) is 4.70.